The molecule has 1 aliphatic heterocycles. The number of aromatic nitrogens is 1. The summed E-state index contributed by atoms with van der Waals surface area (Å²) in [4.78, 5) is 6.23. The van der Waals surface area contributed by atoms with Crippen LogP contribution in [0.15, 0.2) is 12.1 Å². The molecule has 0 spiro atoms. The van der Waals surface area contributed by atoms with Crippen LogP contribution in [0.3, 0.4) is 0 Å². The number of rotatable bonds is 2. The van der Waals surface area contributed by atoms with E-state index in [0.29, 0.717) is 24.7 Å². The zero-order valence-corrected chi connectivity index (χ0v) is 8.97. The Morgan fingerprint density at radius 3 is 3.00 bits per heavy atom. The highest BCUT2D eigenvalue weighted by atomic mass is 16.5. The van der Waals surface area contributed by atoms with Crippen LogP contribution in [-0.2, 0) is 4.74 Å². The van der Waals surface area contributed by atoms with Crippen molar-refractivity contribution in [1.29, 1.82) is 0 Å². The van der Waals surface area contributed by atoms with Gasteiger partial charge >= 0.3 is 0 Å². The van der Waals surface area contributed by atoms with E-state index in [1.165, 1.54) is 0 Å². The number of morpholine rings is 1. The molecule has 0 amide bonds. The fourth-order valence-electron chi connectivity index (χ4n) is 1.69. The molecule has 0 aliphatic carbocycles. The highest BCUT2D eigenvalue weighted by Crippen LogP contribution is 2.20. The van der Waals surface area contributed by atoms with Gasteiger partial charge < -0.3 is 26.2 Å². The minimum absolute atomic E-state index is 0.0148. The first-order valence-corrected chi connectivity index (χ1v) is 5.20. The van der Waals surface area contributed by atoms with Crippen LogP contribution < -0.4 is 16.4 Å². The molecule has 5 N–H and O–H groups in total. The Morgan fingerprint density at radius 2 is 2.31 bits per heavy atom. The van der Waals surface area contributed by atoms with Gasteiger partial charge in [-0.2, -0.15) is 0 Å². The molecule has 0 radical (unpaired) electrons. The third-order valence-corrected chi connectivity index (χ3v) is 2.61. The van der Waals surface area contributed by atoms with E-state index >= 15 is 0 Å². The maximum atomic E-state index is 9.04. The van der Waals surface area contributed by atoms with E-state index in [-0.39, 0.29) is 12.7 Å². The van der Waals surface area contributed by atoms with Crippen molar-refractivity contribution in [2.45, 2.75) is 6.10 Å². The molecule has 0 bridgehead atoms. The Hall–Kier alpha value is -1.53. The topological polar surface area (TPSA) is 97.6 Å². The summed E-state index contributed by atoms with van der Waals surface area (Å²) in [5.74, 6) is 1.11. The zero-order chi connectivity index (χ0) is 11.5. The monoisotopic (exact) mass is 224 g/mol. The van der Waals surface area contributed by atoms with Gasteiger partial charge in [0.1, 0.15) is 11.6 Å². The van der Waals surface area contributed by atoms with Crippen molar-refractivity contribution in [2.24, 2.45) is 0 Å². The first kappa shape index (κ1) is 11.0. The number of aliphatic hydroxyl groups excluding tert-OH is 1. The van der Waals surface area contributed by atoms with Gasteiger partial charge in [-0.1, -0.05) is 0 Å². The van der Waals surface area contributed by atoms with Gasteiger partial charge in [0.25, 0.3) is 0 Å². The van der Waals surface area contributed by atoms with Crippen LogP contribution in [0.2, 0.25) is 0 Å². The lowest BCUT2D eigenvalue weighted by Crippen LogP contribution is -2.44. The van der Waals surface area contributed by atoms with Crippen LogP contribution in [0.1, 0.15) is 0 Å². The molecule has 1 fully saturated rings. The molecule has 6 nitrogen and oxygen atoms in total. The molecule has 1 atom stereocenters. The molecule has 2 heterocycles. The van der Waals surface area contributed by atoms with Crippen molar-refractivity contribution in [3.8, 4) is 0 Å². The van der Waals surface area contributed by atoms with Crippen molar-refractivity contribution >= 4 is 17.3 Å². The van der Waals surface area contributed by atoms with Gasteiger partial charge in [0.2, 0.25) is 0 Å². The van der Waals surface area contributed by atoms with Crippen LogP contribution in [0.4, 0.5) is 17.3 Å². The largest absolute Gasteiger partial charge is 0.396 e. The number of nitrogen functional groups attached to an aromatic ring is 2. The second-order valence-corrected chi connectivity index (χ2v) is 3.77. The predicted octanol–water partition coefficient (Wildman–Crippen LogP) is -0.556. The quantitative estimate of drug-likeness (QED) is 0.623. The Balaban J connectivity index is 2.13. The van der Waals surface area contributed by atoms with Gasteiger partial charge in [-0.3, -0.25) is 0 Å². The van der Waals surface area contributed by atoms with Gasteiger partial charge in [-0.05, 0) is 12.1 Å². The zero-order valence-electron chi connectivity index (χ0n) is 8.97. The summed E-state index contributed by atoms with van der Waals surface area (Å²) in [6.07, 6.45) is -0.158. The Morgan fingerprint density at radius 1 is 1.50 bits per heavy atom. The van der Waals surface area contributed by atoms with Crippen molar-refractivity contribution in [3.05, 3.63) is 12.1 Å². The second kappa shape index (κ2) is 4.54. The summed E-state index contributed by atoms with van der Waals surface area (Å²) in [6.45, 7) is 1.96. The number of nitrogens with zero attached hydrogens (tertiary/aromatic N) is 2. The summed E-state index contributed by atoms with van der Waals surface area (Å²) < 4.78 is 5.36. The van der Waals surface area contributed by atoms with Gasteiger partial charge in [-0.25, -0.2) is 4.98 Å². The average molecular weight is 224 g/mol. The first-order valence-electron chi connectivity index (χ1n) is 5.20. The molecule has 0 saturated carbocycles. The summed E-state index contributed by atoms with van der Waals surface area (Å²) in [7, 11) is 0. The van der Waals surface area contributed by atoms with E-state index < -0.39 is 0 Å². The number of hydrogen-bond donors (Lipinski definition) is 3. The van der Waals surface area contributed by atoms with Crippen molar-refractivity contribution < 1.29 is 9.84 Å². The van der Waals surface area contributed by atoms with Crippen LogP contribution in [0.25, 0.3) is 0 Å². The van der Waals surface area contributed by atoms with E-state index in [0.717, 1.165) is 12.4 Å². The van der Waals surface area contributed by atoms with Crippen LogP contribution in [0.5, 0.6) is 0 Å². The maximum absolute atomic E-state index is 9.04. The van der Waals surface area contributed by atoms with Gasteiger partial charge in [0.05, 0.1) is 25.0 Å². The van der Waals surface area contributed by atoms with E-state index in [1.807, 2.05) is 11.0 Å². The molecule has 1 saturated heterocycles. The Bertz CT molecular complexity index is 372. The Labute approximate surface area is 93.8 Å². The number of hydrogen-bond acceptors (Lipinski definition) is 6. The van der Waals surface area contributed by atoms with Crippen LogP contribution >= 0.6 is 0 Å². The van der Waals surface area contributed by atoms with Crippen molar-refractivity contribution in [3.63, 3.8) is 0 Å². The lowest BCUT2D eigenvalue weighted by molar-refractivity contribution is 0.00337. The van der Waals surface area contributed by atoms with E-state index in [2.05, 4.69) is 4.98 Å². The van der Waals surface area contributed by atoms with Crippen molar-refractivity contribution in [1.82, 2.24) is 4.98 Å². The summed E-state index contributed by atoms with van der Waals surface area (Å²) in [6, 6.07) is 3.56. The van der Waals surface area contributed by atoms with E-state index in [9.17, 15) is 0 Å². The SMILES string of the molecule is Nc1ccc(N2CCOC(CO)C2)nc1N. The van der Waals surface area contributed by atoms with Gasteiger partial charge in [0, 0.05) is 13.1 Å². The minimum Gasteiger partial charge on any atom is -0.396 e. The summed E-state index contributed by atoms with van der Waals surface area (Å²) in [5.41, 5.74) is 11.7. The molecular formula is C10H16N4O2. The third-order valence-electron chi connectivity index (χ3n) is 2.61. The number of anilines is 3. The molecule has 6 heteroatoms. The maximum Gasteiger partial charge on any atom is 0.149 e. The number of ether oxygens (including phenoxy) is 1. The minimum atomic E-state index is -0.158. The number of aliphatic hydroxyl groups is 1. The predicted molar refractivity (Wildman–Crippen MR) is 62.1 cm³/mol. The Kier molecular flexibility index (Phi) is 3.12. The van der Waals surface area contributed by atoms with Gasteiger partial charge in [0.15, 0.2) is 0 Å². The molecule has 16 heavy (non-hydrogen) atoms. The second-order valence-electron chi connectivity index (χ2n) is 3.77. The number of nitrogens with two attached hydrogens (primary N) is 2. The highest BCUT2D eigenvalue weighted by molar-refractivity contribution is 5.62. The smallest absolute Gasteiger partial charge is 0.149 e. The standard InChI is InChI=1S/C10H16N4O2/c11-8-1-2-9(13-10(8)12)14-3-4-16-7(5-14)6-15/h1-2,7,15H,3-6,11H2,(H2,12,13). The summed E-state index contributed by atoms with van der Waals surface area (Å²) >= 11 is 0. The fraction of sp³-hybridized carbons (Fsp3) is 0.500. The van der Waals surface area contributed by atoms with Crippen LogP contribution in [0, 0.1) is 0 Å². The lowest BCUT2D eigenvalue weighted by Gasteiger charge is -2.32. The fourth-order valence-corrected chi connectivity index (χ4v) is 1.69. The molecular weight excluding hydrogens is 208 g/mol. The summed E-state index contributed by atoms with van der Waals surface area (Å²) in [5, 5.41) is 9.04. The molecule has 2 rings (SSSR count). The van der Waals surface area contributed by atoms with Crippen molar-refractivity contribution in [2.75, 3.05) is 42.7 Å². The molecule has 1 aliphatic rings. The van der Waals surface area contributed by atoms with E-state index in [4.69, 9.17) is 21.3 Å². The number of pyridine rings is 1. The van der Waals surface area contributed by atoms with Gasteiger partial charge in [-0.15, -0.1) is 0 Å². The molecule has 1 unspecified atom stereocenters. The molecule has 88 valence electrons. The first-order chi connectivity index (χ1) is 7.70. The third kappa shape index (κ3) is 2.17. The molecule has 1 aromatic rings. The lowest BCUT2D eigenvalue weighted by atomic mass is 10.2. The van der Waals surface area contributed by atoms with E-state index in [1.54, 1.807) is 6.07 Å². The van der Waals surface area contributed by atoms with Crippen LogP contribution in [-0.4, -0.2) is 42.5 Å². The average Bonchev–Trinajstić information content (AvgIpc) is 2.33. The molecule has 0 aromatic carbocycles. The normalized spacial score (nSPS) is 21.1. The highest BCUT2D eigenvalue weighted by Gasteiger charge is 2.20. The molecule has 1 aromatic heterocycles.